The number of benzene rings is 1. The van der Waals surface area contributed by atoms with Crippen LogP contribution in [0.15, 0.2) is 34.0 Å². The maximum absolute atomic E-state index is 12.1. The third-order valence-corrected chi connectivity index (χ3v) is 5.01. The molecule has 0 radical (unpaired) electrons. The summed E-state index contributed by atoms with van der Waals surface area (Å²) in [4.78, 5) is 4.18. The largest absolute Gasteiger partial charge is 0.316 e. The monoisotopic (exact) mass is 331 g/mol. The van der Waals surface area contributed by atoms with E-state index in [0.29, 0.717) is 17.3 Å². The number of thiazole rings is 1. The molecule has 1 heterocycles. The predicted octanol–water partition coefficient (Wildman–Crippen LogP) is 1.99. The van der Waals surface area contributed by atoms with Crippen LogP contribution in [0.3, 0.4) is 0 Å². The van der Waals surface area contributed by atoms with Gasteiger partial charge >= 0.3 is 0 Å². The SMILES string of the molecule is CNCc1ccc(S(=O)(=O)NCc2cscn2)cc1Cl. The lowest BCUT2D eigenvalue weighted by Crippen LogP contribution is -2.23. The molecule has 1 aromatic carbocycles. The van der Waals surface area contributed by atoms with E-state index in [2.05, 4.69) is 15.0 Å². The highest BCUT2D eigenvalue weighted by Crippen LogP contribution is 2.21. The van der Waals surface area contributed by atoms with Gasteiger partial charge in [0.1, 0.15) is 0 Å². The molecule has 0 aliphatic heterocycles. The lowest BCUT2D eigenvalue weighted by Gasteiger charge is -2.08. The Morgan fingerprint density at radius 2 is 2.15 bits per heavy atom. The summed E-state index contributed by atoms with van der Waals surface area (Å²) in [5.74, 6) is 0. The second kappa shape index (κ2) is 6.64. The van der Waals surface area contributed by atoms with Crippen molar-refractivity contribution in [3.8, 4) is 0 Å². The van der Waals surface area contributed by atoms with Crippen molar-refractivity contribution in [2.45, 2.75) is 18.0 Å². The second-order valence-electron chi connectivity index (χ2n) is 4.09. The molecule has 0 fully saturated rings. The van der Waals surface area contributed by atoms with Crippen molar-refractivity contribution in [3.05, 3.63) is 45.4 Å². The van der Waals surface area contributed by atoms with Crippen molar-refractivity contribution in [2.75, 3.05) is 7.05 Å². The second-order valence-corrected chi connectivity index (χ2v) is 6.98. The third kappa shape index (κ3) is 3.77. The van der Waals surface area contributed by atoms with E-state index in [9.17, 15) is 8.42 Å². The van der Waals surface area contributed by atoms with Gasteiger partial charge in [-0.1, -0.05) is 17.7 Å². The van der Waals surface area contributed by atoms with Gasteiger partial charge < -0.3 is 5.32 Å². The molecule has 0 atom stereocenters. The van der Waals surface area contributed by atoms with Crippen LogP contribution in [0.25, 0.3) is 0 Å². The Labute approximate surface area is 127 Å². The molecular weight excluding hydrogens is 318 g/mol. The Hall–Kier alpha value is -0.990. The number of nitrogens with zero attached hydrogens (tertiary/aromatic N) is 1. The van der Waals surface area contributed by atoms with Crippen LogP contribution in [0.5, 0.6) is 0 Å². The van der Waals surface area contributed by atoms with E-state index < -0.39 is 10.0 Å². The van der Waals surface area contributed by atoms with E-state index in [1.54, 1.807) is 30.1 Å². The standard InChI is InChI=1S/C12H14ClN3O2S2/c1-14-5-9-2-3-11(4-12(9)13)20(17,18)16-6-10-7-19-8-15-10/h2-4,7-8,14,16H,5-6H2,1H3. The lowest BCUT2D eigenvalue weighted by atomic mass is 10.2. The molecule has 0 bridgehead atoms. The summed E-state index contributed by atoms with van der Waals surface area (Å²) in [5, 5.41) is 5.19. The van der Waals surface area contributed by atoms with Crippen molar-refractivity contribution >= 4 is 33.0 Å². The normalized spacial score (nSPS) is 11.7. The van der Waals surface area contributed by atoms with E-state index >= 15 is 0 Å². The van der Waals surface area contributed by atoms with Crippen LogP contribution in [0, 0.1) is 0 Å². The minimum Gasteiger partial charge on any atom is -0.316 e. The maximum atomic E-state index is 12.1. The van der Waals surface area contributed by atoms with Gasteiger partial charge in [-0.15, -0.1) is 11.3 Å². The molecule has 0 aliphatic rings. The number of aromatic nitrogens is 1. The first-order valence-electron chi connectivity index (χ1n) is 5.82. The molecule has 2 rings (SSSR count). The molecule has 0 unspecified atom stereocenters. The maximum Gasteiger partial charge on any atom is 0.240 e. The quantitative estimate of drug-likeness (QED) is 0.849. The van der Waals surface area contributed by atoms with Gasteiger partial charge in [-0.05, 0) is 24.7 Å². The van der Waals surface area contributed by atoms with Gasteiger partial charge in [0, 0.05) is 16.9 Å². The van der Waals surface area contributed by atoms with Crippen molar-refractivity contribution in [2.24, 2.45) is 0 Å². The molecule has 0 amide bonds. The Balaban J connectivity index is 2.14. The number of halogens is 1. The van der Waals surface area contributed by atoms with Gasteiger partial charge in [0.2, 0.25) is 10.0 Å². The summed E-state index contributed by atoms with van der Waals surface area (Å²) in [6.07, 6.45) is 0. The summed E-state index contributed by atoms with van der Waals surface area (Å²) in [6, 6.07) is 4.70. The van der Waals surface area contributed by atoms with Gasteiger partial charge in [0.05, 0.1) is 22.6 Å². The summed E-state index contributed by atoms with van der Waals surface area (Å²) < 4.78 is 26.8. The fraction of sp³-hybridized carbons (Fsp3) is 0.250. The van der Waals surface area contributed by atoms with Gasteiger partial charge in [0.25, 0.3) is 0 Å². The smallest absolute Gasteiger partial charge is 0.240 e. The fourth-order valence-electron chi connectivity index (χ4n) is 1.61. The highest BCUT2D eigenvalue weighted by atomic mass is 35.5. The number of sulfonamides is 1. The van der Waals surface area contributed by atoms with Crippen LogP contribution in [-0.4, -0.2) is 20.4 Å². The highest BCUT2D eigenvalue weighted by Gasteiger charge is 2.15. The zero-order valence-electron chi connectivity index (χ0n) is 10.8. The van der Waals surface area contributed by atoms with Crippen LogP contribution < -0.4 is 10.0 Å². The molecule has 20 heavy (non-hydrogen) atoms. The van der Waals surface area contributed by atoms with Gasteiger partial charge in [-0.3, -0.25) is 0 Å². The van der Waals surface area contributed by atoms with E-state index in [1.807, 2.05) is 0 Å². The zero-order chi connectivity index (χ0) is 14.6. The molecular formula is C12H14ClN3O2S2. The molecule has 0 spiro atoms. The van der Waals surface area contributed by atoms with Crippen LogP contribution in [0.4, 0.5) is 0 Å². The number of nitrogens with one attached hydrogen (secondary N) is 2. The molecule has 0 saturated carbocycles. The molecule has 2 N–H and O–H groups in total. The molecule has 108 valence electrons. The molecule has 1 aromatic heterocycles. The minimum atomic E-state index is -3.58. The molecule has 0 saturated heterocycles. The highest BCUT2D eigenvalue weighted by molar-refractivity contribution is 7.89. The summed E-state index contributed by atoms with van der Waals surface area (Å²) in [7, 11) is -1.78. The van der Waals surface area contributed by atoms with Gasteiger partial charge in [-0.2, -0.15) is 0 Å². The van der Waals surface area contributed by atoms with E-state index in [-0.39, 0.29) is 11.4 Å². The van der Waals surface area contributed by atoms with E-state index in [1.165, 1.54) is 17.4 Å². The van der Waals surface area contributed by atoms with Crippen LogP contribution in [0.2, 0.25) is 5.02 Å². The summed E-state index contributed by atoms with van der Waals surface area (Å²) in [5.41, 5.74) is 3.21. The first kappa shape index (κ1) is 15.4. The summed E-state index contributed by atoms with van der Waals surface area (Å²) >= 11 is 7.49. The van der Waals surface area contributed by atoms with Crippen LogP contribution >= 0.6 is 22.9 Å². The molecule has 8 heteroatoms. The van der Waals surface area contributed by atoms with Crippen molar-refractivity contribution < 1.29 is 8.42 Å². The van der Waals surface area contributed by atoms with E-state index in [4.69, 9.17) is 11.6 Å². The van der Waals surface area contributed by atoms with Crippen molar-refractivity contribution in [3.63, 3.8) is 0 Å². The first-order chi connectivity index (χ1) is 9.53. The lowest BCUT2D eigenvalue weighted by molar-refractivity contribution is 0.580. The van der Waals surface area contributed by atoms with Gasteiger partial charge in [-0.25, -0.2) is 18.1 Å². The Kier molecular flexibility index (Phi) is 5.11. The zero-order valence-corrected chi connectivity index (χ0v) is 13.1. The Morgan fingerprint density at radius 1 is 1.35 bits per heavy atom. The minimum absolute atomic E-state index is 0.151. The average molecular weight is 332 g/mol. The average Bonchev–Trinajstić information content (AvgIpc) is 2.92. The third-order valence-electron chi connectivity index (χ3n) is 2.63. The number of rotatable bonds is 6. The van der Waals surface area contributed by atoms with Crippen molar-refractivity contribution in [1.82, 2.24) is 15.0 Å². The van der Waals surface area contributed by atoms with Crippen LogP contribution in [-0.2, 0) is 23.1 Å². The first-order valence-corrected chi connectivity index (χ1v) is 8.63. The topological polar surface area (TPSA) is 71.1 Å². The number of hydrogen-bond acceptors (Lipinski definition) is 5. The summed E-state index contributed by atoms with van der Waals surface area (Å²) in [6.45, 7) is 0.757. The Morgan fingerprint density at radius 3 is 2.75 bits per heavy atom. The molecule has 0 aliphatic carbocycles. The van der Waals surface area contributed by atoms with E-state index in [0.717, 1.165) is 5.56 Å². The molecule has 2 aromatic rings. The number of hydrogen-bond donors (Lipinski definition) is 2. The Bertz CT molecular complexity index is 672. The van der Waals surface area contributed by atoms with Gasteiger partial charge in [0.15, 0.2) is 0 Å². The van der Waals surface area contributed by atoms with Crippen LogP contribution in [0.1, 0.15) is 11.3 Å². The fourth-order valence-corrected chi connectivity index (χ4v) is 3.50. The predicted molar refractivity (Wildman–Crippen MR) is 80.4 cm³/mol. The molecule has 5 nitrogen and oxygen atoms in total. The van der Waals surface area contributed by atoms with Crippen molar-refractivity contribution in [1.29, 1.82) is 0 Å².